The molecule has 3 aromatic carbocycles. The van der Waals surface area contributed by atoms with E-state index < -0.39 is 0 Å². The van der Waals surface area contributed by atoms with Crippen molar-refractivity contribution in [1.29, 1.82) is 0 Å². The largest absolute Gasteiger partial charge is 0.431 e. The third-order valence-corrected chi connectivity index (χ3v) is 8.05. The van der Waals surface area contributed by atoms with Crippen LogP contribution in [0.3, 0.4) is 0 Å². The van der Waals surface area contributed by atoms with Crippen LogP contribution in [0.2, 0.25) is 0 Å². The third kappa shape index (κ3) is 3.97. The number of rotatable bonds is 3. The van der Waals surface area contributed by atoms with E-state index in [-0.39, 0.29) is 6.04 Å². The van der Waals surface area contributed by atoms with Gasteiger partial charge in [0.05, 0.1) is 6.04 Å². The van der Waals surface area contributed by atoms with E-state index in [1.165, 1.54) is 85.3 Å². The van der Waals surface area contributed by atoms with Gasteiger partial charge in [-0.3, -0.25) is 0 Å². The molecule has 0 N–H and O–H groups in total. The maximum absolute atomic E-state index is 6.41. The minimum Gasteiger partial charge on any atom is -0.431 e. The van der Waals surface area contributed by atoms with Crippen LogP contribution in [0.1, 0.15) is 73.2 Å². The van der Waals surface area contributed by atoms with Crippen LogP contribution in [0.25, 0.3) is 16.5 Å². The highest BCUT2D eigenvalue weighted by molar-refractivity contribution is 7.80. The lowest BCUT2D eigenvalue weighted by Gasteiger charge is -2.43. The fourth-order valence-electron chi connectivity index (χ4n) is 6.04. The number of ether oxygens (including phenoxy) is 1. The van der Waals surface area contributed by atoms with Gasteiger partial charge in [0.15, 0.2) is 0 Å². The molecule has 1 atom stereocenters. The lowest BCUT2D eigenvalue weighted by Crippen LogP contribution is -2.45. The average molecular weight is 454 g/mol. The van der Waals surface area contributed by atoms with Crippen LogP contribution < -0.4 is 0 Å². The summed E-state index contributed by atoms with van der Waals surface area (Å²) in [6.45, 7) is 0. The molecule has 168 valence electrons. The Morgan fingerprint density at radius 2 is 1.58 bits per heavy atom. The summed E-state index contributed by atoms with van der Waals surface area (Å²) in [5, 5.41) is 3.21. The molecule has 0 radical (unpaired) electrons. The number of hydrogen-bond donors (Lipinski definition) is 0. The van der Waals surface area contributed by atoms with E-state index in [4.69, 9.17) is 17.0 Å². The lowest BCUT2D eigenvalue weighted by atomic mass is 9.88. The topological polar surface area (TPSA) is 12.5 Å². The SMILES string of the molecule is S=C1OC(c2ccc3c(c2)CCCC3)=CC(c2cccc3ccccc23)N1C1CCCCC1. The number of fused-ring (bicyclic) bond motifs is 2. The first-order valence-electron chi connectivity index (χ1n) is 12.6. The van der Waals surface area contributed by atoms with Gasteiger partial charge in [0.1, 0.15) is 5.76 Å². The molecule has 0 amide bonds. The second-order valence-corrected chi connectivity index (χ2v) is 10.2. The van der Waals surface area contributed by atoms with Crippen molar-refractivity contribution in [2.75, 3.05) is 0 Å². The molecular weight excluding hydrogens is 422 g/mol. The van der Waals surface area contributed by atoms with Crippen molar-refractivity contribution < 1.29 is 4.74 Å². The second kappa shape index (κ2) is 8.95. The summed E-state index contributed by atoms with van der Waals surface area (Å²) in [4.78, 5) is 2.40. The van der Waals surface area contributed by atoms with Gasteiger partial charge in [-0.15, -0.1) is 0 Å². The van der Waals surface area contributed by atoms with Crippen LogP contribution in [0.5, 0.6) is 0 Å². The van der Waals surface area contributed by atoms with Crippen molar-refractivity contribution in [3.8, 4) is 0 Å². The fourth-order valence-corrected chi connectivity index (χ4v) is 6.40. The monoisotopic (exact) mass is 453 g/mol. The van der Waals surface area contributed by atoms with Crippen LogP contribution in [0.15, 0.2) is 66.7 Å². The molecule has 3 aromatic rings. The van der Waals surface area contributed by atoms with E-state index >= 15 is 0 Å². The first kappa shape index (κ1) is 20.9. The van der Waals surface area contributed by atoms with E-state index in [1.807, 2.05) is 0 Å². The van der Waals surface area contributed by atoms with Gasteiger partial charge < -0.3 is 9.64 Å². The van der Waals surface area contributed by atoms with Gasteiger partial charge in [-0.05, 0) is 90.3 Å². The molecule has 1 aliphatic heterocycles. The summed E-state index contributed by atoms with van der Waals surface area (Å²) in [5.74, 6) is 0.915. The van der Waals surface area contributed by atoms with Crippen LogP contribution in [0.4, 0.5) is 0 Å². The lowest BCUT2D eigenvalue weighted by molar-refractivity contribution is 0.176. The minimum atomic E-state index is 0.0893. The number of aryl methyl sites for hydroxylation is 2. The van der Waals surface area contributed by atoms with E-state index in [0.29, 0.717) is 11.2 Å². The highest BCUT2D eigenvalue weighted by atomic mass is 32.1. The molecule has 0 saturated heterocycles. The van der Waals surface area contributed by atoms with E-state index in [1.54, 1.807) is 0 Å². The van der Waals surface area contributed by atoms with Crippen molar-refractivity contribution in [3.05, 3.63) is 89.0 Å². The summed E-state index contributed by atoms with van der Waals surface area (Å²) in [6, 6.07) is 22.8. The summed E-state index contributed by atoms with van der Waals surface area (Å²) in [6.07, 6.45) is 13.5. The quantitative estimate of drug-likeness (QED) is 0.376. The first-order chi connectivity index (χ1) is 16.3. The number of thiocarbonyl (C=S) groups is 1. The van der Waals surface area contributed by atoms with Gasteiger partial charge in [-0.2, -0.15) is 0 Å². The highest BCUT2D eigenvalue weighted by Gasteiger charge is 2.35. The molecule has 2 aliphatic carbocycles. The molecule has 6 rings (SSSR count). The maximum Gasteiger partial charge on any atom is 0.265 e. The van der Waals surface area contributed by atoms with Gasteiger partial charge in [-0.1, -0.05) is 73.9 Å². The molecule has 1 fully saturated rings. The molecule has 0 bridgehead atoms. The molecule has 3 heteroatoms. The average Bonchev–Trinajstić information content (AvgIpc) is 2.88. The fraction of sp³-hybridized carbons (Fsp3) is 0.367. The predicted octanol–water partition coefficient (Wildman–Crippen LogP) is 7.75. The zero-order chi connectivity index (χ0) is 22.2. The van der Waals surface area contributed by atoms with Crippen molar-refractivity contribution in [2.45, 2.75) is 69.9 Å². The van der Waals surface area contributed by atoms with Crippen molar-refractivity contribution in [3.63, 3.8) is 0 Å². The Labute approximate surface area is 202 Å². The first-order valence-corrected chi connectivity index (χ1v) is 13.0. The Hall–Kier alpha value is -2.65. The van der Waals surface area contributed by atoms with Gasteiger partial charge in [0.25, 0.3) is 5.17 Å². The van der Waals surface area contributed by atoms with Gasteiger partial charge in [0.2, 0.25) is 0 Å². The smallest absolute Gasteiger partial charge is 0.265 e. The Balaban J connectivity index is 1.47. The van der Waals surface area contributed by atoms with Crippen molar-refractivity contribution >= 4 is 33.9 Å². The molecule has 33 heavy (non-hydrogen) atoms. The number of hydrogen-bond acceptors (Lipinski definition) is 2. The summed E-state index contributed by atoms with van der Waals surface area (Å²) in [5.41, 5.74) is 5.45. The molecule has 0 aromatic heterocycles. The summed E-state index contributed by atoms with van der Waals surface area (Å²) < 4.78 is 6.41. The van der Waals surface area contributed by atoms with Crippen molar-refractivity contribution in [2.24, 2.45) is 0 Å². The summed E-state index contributed by atoms with van der Waals surface area (Å²) >= 11 is 5.97. The zero-order valence-electron chi connectivity index (χ0n) is 19.1. The second-order valence-electron chi connectivity index (χ2n) is 9.80. The van der Waals surface area contributed by atoms with Gasteiger partial charge in [0, 0.05) is 11.6 Å². The van der Waals surface area contributed by atoms with E-state index in [0.717, 1.165) is 11.3 Å². The van der Waals surface area contributed by atoms with Crippen LogP contribution in [-0.4, -0.2) is 16.1 Å². The molecule has 1 saturated carbocycles. The number of nitrogens with zero attached hydrogens (tertiary/aromatic N) is 1. The van der Waals surface area contributed by atoms with Crippen LogP contribution in [-0.2, 0) is 17.6 Å². The normalized spacial score (nSPS) is 21.5. The molecule has 1 heterocycles. The van der Waals surface area contributed by atoms with E-state index in [9.17, 15) is 0 Å². The number of benzene rings is 3. The Morgan fingerprint density at radius 3 is 2.45 bits per heavy atom. The molecule has 2 nitrogen and oxygen atoms in total. The van der Waals surface area contributed by atoms with Crippen LogP contribution in [0, 0.1) is 0 Å². The van der Waals surface area contributed by atoms with E-state index in [2.05, 4.69) is 71.6 Å². The van der Waals surface area contributed by atoms with Gasteiger partial charge in [-0.25, -0.2) is 0 Å². The molecular formula is C30H31NOS. The molecule has 3 aliphatic rings. The maximum atomic E-state index is 6.41. The predicted molar refractivity (Wildman–Crippen MR) is 140 cm³/mol. The summed E-state index contributed by atoms with van der Waals surface area (Å²) in [7, 11) is 0. The minimum absolute atomic E-state index is 0.0893. The third-order valence-electron chi connectivity index (χ3n) is 7.76. The molecule has 0 spiro atoms. The Kier molecular flexibility index (Phi) is 5.67. The molecule has 1 unspecified atom stereocenters. The van der Waals surface area contributed by atoms with Gasteiger partial charge >= 0.3 is 0 Å². The van der Waals surface area contributed by atoms with Crippen molar-refractivity contribution in [1.82, 2.24) is 4.90 Å². The Bertz CT molecular complexity index is 1220. The zero-order valence-corrected chi connectivity index (χ0v) is 19.9. The highest BCUT2D eigenvalue weighted by Crippen LogP contribution is 2.40. The standard InChI is InChI=1S/C30H31NOS/c33-30-31(25-13-2-1-3-14-25)28(27-16-8-12-22-10-6-7-15-26(22)27)20-29(32-30)24-18-17-21-9-4-5-11-23(21)19-24/h6-8,10,12,15-20,25,28H,1-5,9,11,13-14H2. The van der Waals surface area contributed by atoms with Crippen LogP contribution >= 0.6 is 12.2 Å². The Morgan fingerprint density at radius 1 is 0.788 bits per heavy atom.